The lowest BCUT2D eigenvalue weighted by Gasteiger charge is -2.18. The summed E-state index contributed by atoms with van der Waals surface area (Å²) in [5.41, 5.74) is 5.61. The van der Waals surface area contributed by atoms with Crippen LogP contribution >= 0.6 is 0 Å². The van der Waals surface area contributed by atoms with Gasteiger partial charge in [0.1, 0.15) is 0 Å². The molecule has 0 radical (unpaired) electrons. The first kappa shape index (κ1) is 14.4. The third-order valence-electron chi connectivity index (χ3n) is 3.29. The predicted molar refractivity (Wildman–Crippen MR) is 64.5 cm³/mol. The van der Waals surface area contributed by atoms with Gasteiger partial charge in [0, 0.05) is 6.54 Å². The maximum absolute atomic E-state index is 11.4. The van der Waals surface area contributed by atoms with E-state index in [0.29, 0.717) is 12.3 Å². The average molecular weight is 214 g/mol. The molecule has 3 heteroatoms. The summed E-state index contributed by atoms with van der Waals surface area (Å²) in [5, 5.41) is 2.88. The maximum Gasteiger partial charge on any atom is 0.236 e. The van der Waals surface area contributed by atoms with Crippen molar-refractivity contribution in [1.82, 2.24) is 5.32 Å². The number of nitrogens with two attached hydrogens (primary N) is 1. The molecule has 3 unspecified atom stereocenters. The molecule has 0 aliphatic rings. The Labute approximate surface area is 93.8 Å². The van der Waals surface area contributed by atoms with Crippen LogP contribution in [-0.2, 0) is 4.79 Å². The molecule has 90 valence electrons. The fourth-order valence-electron chi connectivity index (χ4n) is 1.43. The summed E-state index contributed by atoms with van der Waals surface area (Å²) in [5.74, 6) is 1.36. The smallest absolute Gasteiger partial charge is 0.236 e. The zero-order valence-corrected chi connectivity index (χ0v) is 10.5. The molecule has 3 nitrogen and oxygen atoms in total. The molecule has 0 aromatic rings. The summed E-state index contributed by atoms with van der Waals surface area (Å²) >= 11 is 0. The van der Waals surface area contributed by atoms with Crippen LogP contribution < -0.4 is 11.1 Å². The Bertz CT molecular complexity index is 182. The first-order chi connectivity index (χ1) is 7.02. The monoisotopic (exact) mass is 214 g/mol. The molecule has 0 aromatic carbocycles. The van der Waals surface area contributed by atoms with E-state index >= 15 is 0 Å². The Morgan fingerprint density at radius 3 is 2.27 bits per heavy atom. The number of carbonyl (C=O) groups excluding carboxylic acids is 1. The summed E-state index contributed by atoms with van der Waals surface area (Å²) < 4.78 is 0. The number of rotatable bonds is 7. The van der Waals surface area contributed by atoms with Crippen molar-refractivity contribution in [3.63, 3.8) is 0 Å². The van der Waals surface area contributed by atoms with E-state index in [4.69, 9.17) is 5.73 Å². The quantitative estimate of drug-likeness (QED) is 0.680. The third kappa shape index (κ3) is 5.78. The van der Waals surface area contributed by atoms with Crippen LogP contribution in [-0.4, -0.2) is 18.5 Å². The van der Waals surface area contributed by atoms with Gasteiger partial charge in [-0.1, -0.05) is 34.1 Å². The van der Waals surface area contributed by atoms with Gasteiger partial charge in [0.25, 0.3) is 0 Å². The van der Waals surface area contributed by atoms with E-state index in [0.717, 1.165) is 18.9 Å². The lowest BCUT2D eigenvalue weighted by atomic mass is 9.91. The highest BCUT2D eigenvalue weighted by Crippen LogP contribution is 2.17. The van der Waals surface area contributed by atoms with Crippen molar-refractivity contribution >= 4 is 5.91 Å². The van der Waals surface area contributed by atoms with E-state index in [-0.39, 0.29) is 11.9 Å². The minimum Gasteiger partial charge on any atom is -0.355 e. The van der Waals surface area contributed by atoms with E-state index < -0.39 is 0 Å². The Hall–Kier alpha value is -0.570. The largest absolute Gasteiger partial charge is 0.355 e. The minimum absolute atomic E-state index is 0.0196. The van der Waals surface area contributed by atoms with Gasteiger partial charge in [-0.05, 0) is 24.7 Å². The second-order valence-electron chi connectivity index (χ2n) is 4.46. The molecule has 0 spiro atoms. The summed E-state index contributed by atoms with van der Waals surface area (Å²) in [6, 6.07) is -0.344. The zero-order valence-electron chi connectivity index (χ0n) is 10.5. The molecule has 0 saturated carbocycles. The van der Waals surface area contributed by atoms with Crippen molar-refractivity contribution in [2.75, 3.05) is 6.54 Å². The second kappa shape index (κ2) is 7.69. The number of hydrogen-bond acceptors (Lipinski definition) is 2. The highest BCUT2D eigenvalue weighted by molar-refractivity contribution is 5.81. The normalized spacial score (nSPS) is 16.9. The number of nitrogens with one attached hydrogen (secondary N) is 1. The minimum atomic E-state index is -0.344. The fourth-order valence-corrected chi connectivity index (χ4v) is 1.43. The molecule has 0 rings (SSSR count). The van der Waals surface area contributed by atoms with E-state index in [1.54, 1.807) is 0 Å². The molecule has 0 aliphatic carbocycles. The van der Waals surface area contributed by atoms with Crippen LogP contribution in [0.15, 0.2) is 0 Å². The topological polar surface area (TPSA) is 55.1 Å². The van der Waals surface area contributed by atoms with Gasteiger partial charge in [-0.15, -0.1) is 0 Å². The molecule has 0 bridgehead atoms. The first-order valence-electron chi connectivity index (χ1n) is 6.06. The SMILES string of the molecule is CCC(N)C(=O)NCCC(C)C(C)CC. The lowest BCUT2D eigenvalue weighted by Crippen LogP contribution is -2.40. The van der Waals surface area contributed by atoms with E-state index in [1.165, 1.54) is 6.42 Å². The highest BCUT2D eigenvalue weighted by Gasteiger charge is 2.12. The van der Waals surface area contributed by atoms with Crippen molar-refractivity contribution in [2.24, 2.45) is 17.6 Å². The van der Waals surface area contributed by atoms with Crippen molar-refractivity contribution < 1.29 is 4.79 Å². The average Bonchev–Trinajstić information content (AvgIpc) is 2.26. The van der Waals surface area contributed by atoms with Gasteiger partial charge >= 0.3 is 0 Å². The summed E-state index contributed by atoms with van der Waals surface area (Å²) in [7, 11) is 0. The Kier molecular flexibility index (Phi) is 7.39. The molecule has 0 aliphatic heterocycles. The highest BCUT2D eigenvalue weighted by atomic mass is 16.2. The lowest BCUT2D eigenvalue weighted by molar-refractivity contribution is -0.122. The fraction of sp³-hybridized carbons (Fsp3) is 0.917. The van der Waals surface area contributed by atoms with E-state index in [2.05, 4.69) is 26.1 Å². The van der Waals surface area contributed by atoms with Crippen LogP contribution in [0.25, 0.3) is 0 Å². The van der Waals surface area contributed by atoms with Gasteiger partial charge in [0.2, 0.25) is 5.91 Å². The van der Waals surface area contributed by atoms with Crippen molar-refractivity contribution in [3.05, 3.63) is 0 Å². The Balaban J connectivity index is 3.65. The van der Waals surface area contributed by atoms with Gasteiger partial charge in [-0.2, -0.15) is 0 Å². The van der Waals surface area contributed by atoms with Crippen LogP contribution in [0, 0.1) is 11.8 Å². The summed E-state index contributed by atoms with van der Waals surface area (Å²) in [4.78, 5) is 11.4. The molecule has 0 heterocycles. The first-order valence-corrected chi connectivity index (χ1v) is 6.06. The molecule has 3 atom stereocenters. The zero-order chi connectivity index (χ0) is 11.8. The van der Waals surface area contributed by atoms with Crippen molar-refractivity contribution in [3.8, 4) is 0 Å². The molecule has 0 aromatic heterocycles. The molecular formula is C12H26N2O. The Morgan fingerprint density at radius 2 is 1.80 bits per heavy atom. The van der Waals surface area contributed by atoms with E-state index in [9.17, 15) is 4.79 Å². The van der Waals surface area contributed by atoms with Gasteiger partial charge in [0.15, 0.2) is 0 Å². The van der Waals surface area contributed by atoms with Crippen LogP contribution in [0.3, 0.4) is 0 Å². The van der Waals surface area contributed by atoms with Crippen LogP contribution in [0.5, 0.6) is 0 Å². The van der Waals surface area contributed by atoms with Crippen molar-refractivity contribution in [1.29, 1.82) is 0 Å². The van der Waals surface area contributed by atoms with Gasteiger partial charge < -0.3 is 11.1 Å². The van der Waals surface area contributed by atoms with Crippen LogP contribution in [0.1, 0.15) is 47.0 Å². The standard InChI is InChI=1S/C12H26N2O/c1-5-9(3)10(4)7-8-14-12(15)11(13)6-2/h9-11H,5-8,13H2,1-4H3,(H,14,15). The van der Waals surface area contributed by atoms with E-state index in [1.807, 2.05) is 6.92 Å². The van der Waals surface area contributed by atoms with Crippen LogP contribution in [0.2, 0.25) is 0 Å². The molecule has 1 amide bonds. The maximum atomic E-state index is 11.4. The van der Waals surface area contributed by atoms with Gasteiger partial charge in [0.05, 0.1) is 6.04 Å². The molecule has 3 N–H and O–H groups in total. The number of hydrogen-bond donors (Lipinski definition) is 2. The molecular weight excluding hydrogens is 188 g/mol. The molecule has 0 fully saturated rings. The summed E-state index contributed by atoms with van der Waals surface area (Å²) in [6.07, 6.45) is 2.94. The van der Waals surface area contributed by atoms with Crippen LogP contribution in [0.4, 0.5) is 0 Å². The van der Waals surface area contributed by atoms with Crippen molar-refractivity contribution in [2.45, 2.75) is 53.0 Å². The second-order valence-corrected chi connectivity index (χ2v) is 4.46. The Morgan fingerprint density at radius 1 is 1.20 bits per heavy atom. The number of amides is 1. The summed E-state index contributed by atoms with van der Waals surface area (Å²) in [6.45, 7) is 9.36. The van der Waals surface area contributed by atoms with Gasteiger partial charge in [-0.3, -0.25) is 4.79 Å². The molecule has 15 heavy (non-hydrogen) atoms. The third-order valence-corrected chi connectivity index (χ3v) is 3.29. The predicted octanol–water partition coefficient (Wildman–Crippen LogP) is 1.91. The molecule has 0 saturated heterocycles. The number of carbonyl (C=O) groups is 1. The van der Waals surface area contributed by atoms with Gasteiger partial charge in [-0.25, -0.2) is 0 Å².